The second-order valence-corrected chi connectivity index (χ2v) is 10.8. The van der Waals surface area contributed by atoms with Gasteiger partial charge in [-0.2, -0.15) is 0 Å². The van der Waals surface area contributed by atoms with E-state index in [9.17, 15) is 0 Å². The first-order chi connectivity index (χ1) is 17.3. The van der Waals surface area contributed by atoms with E-state index in [4.69, 9.17) is 32.9 Å². The van der Waals surface area contributed by atoms with E-state index in [1.807, 2.05) is 42.6 Å². The minimum absolute atomic E-state index is 0.448. The summed E-state index contributed by atoms with van der Waals surface area (Å²) in [4.78, 5) is 7.34. The van der Waals surface area contributed by atoms with E-state index in [1.54, 1.807) is 0 Å². The summed E-state index contributed by atoms with van der Waals surface area (Å²) < 4.78 is 6.98. The lowest BCUT2D eigenvalue weighted by molar-refractivity contribution is 0.0780. The summed E-state index contributed by atoms with van der Waals surface area (Å²) in [6, 6.07) is 24.8. The minimum atomic E-state index is -0.833. The van der Waals surface area contributed by atoms with Gasteiger partial charge in [0, 0.05) is 17.6 Å². The van der Waals surface area contributed by atoms with Gasteiger partial charge in [0.2, 0.25) is 5.72 Å². The molecule has 0 saturated heterocycles. The summed E-state index contributed by atoms with van der Waals surface area (Å²) in [5, 5.41) is 3.29. The molecule has 1 spiro atoms. The number of hydrogen-bond acceptors (Lipinski definition) is 3. The van der Waals surface area contributed by atoms with Crippen LogP contribution in [0.25, 0.3) is 16.8 Å². The van der Waals surface area contributed by atoms with Crippen LogP contribution in [0.1, 0.15) is 30.5 Å². The van der Waals surface area contributed by atoms with Gasteiger partial charge >= 0.3 is 0 Å². The van der Waals surface area contributed by atoms with Crippen LogP contribution in [-0.4, -0.2) is 18.5 Å². The number of hydrogen-bond donors (Lipinski definition) is 0. The molecule has 0 saturated carbocycles. The molecule has 0 bridgehead atoms. The first-order valence-corrected chi connectivity index (χ1v) is 12.8. The van der Waals surface area contributed by atoms with Gasteiger partial charge in [-0.25, -0.2) is 0 Å². The van der Waals surface area contributed by atoms with Gasteiger partial charge in [0.05, 0.1) is 21.7 Å². The molecule has 5 heteroatoms. The number of rotatable bonds is 4. The van der Waals surface area contributed by atoms with Gasteiger partial charge in [0.15, 0.2) is 0 Å². The fourth-order valence-corrected chi connectivity index (χ4v) is 5.85. The second-order valence-electron chi connectivity index (χ2n) is 9.95. The molecule has 0 N–H and O–H groups in total. The molecule has 4 aromatic rings. The van der Waals surface area contributed by atoms with Gasteiger partial charge < -0.3 is 9.64 Å². The van der Waals surface area contributed by atoms with E-state index < -0.39 is 11.1 Å². The highest BCUT2D eigenvalue weighted by atomic mass is 35.5. The molecule has 2 heterocycles. The summed E-state index contributed by atoms with van der Waals surface area (Å²) in [5.74, 6) is 0.773. The number of benzene rings is 4. The topological polar surface area (TPSA) is 24.8 Å². The summed E-state index contributed by atoms with van der Waals surface area (Å²) in [6.45, 7) is 8.95. The van der Waals surface area contributed by atoms with Crippen LogP contribution in [0.2, 0.25) is 10.0 Å². The third-order valence-electron chi connectivity index (χ3n) is 7.64. The number of anilines is 1. The van der Waals surface area contributed by atoms with Gasteiger partial charge in [-0.1, -0.05) is 90.5 Å². The van der Waals surface area contributed by atoms with Crippen molar-refractivity contribution < 1.29 is 4.74 Å². The molecule has 36 heavy (non-hydrogen) atoms. The summed E-state index contributed by atoms with van der Waals surface area (Å²) >= 11 is 13.0. The second kappa shape index (κ2) is 8.40. The third kappa shape index (κ3) is 3.37. The Bertz CT molecular complexity index is 1540. The van der Waals surface area contributed by atoms with Crippen molar-refractivity contribution in [3.63, 3.8) is 0 Å². The highest BCUT2D eigenvalue weighted by molar-refractivity contribution is 6.42. The van der Waals surface area contributed by atoms with E-state index in [1.165, 1.54) is 5.56 Å². The molecule has 0 amide bonds. The predicted molar refractivity (Wildman–Crippen MR) is 153 cm³/mol. The maximum absolute atomic E-state index is 6.98. The highest BCUT2D eigenvalue weighted by Crippen LogP contribution is 2.56. The zero-order valence-electron chi connectivity index (χ0n) is 20.3. The molecule has 0 aromatic heterocycles. The number of aliphatic imine (C=N–C) groups is 1. The largest absolute Gasteiger partial charge is 0.459 e. The van der Waals surface area contributed by atoms with Crippen molar-refractivity contribution in [3.8, 4) is 5.75 Å². The number of halogens is 2. The van der Waals surface area contributed by atoms with Crippen molar-refractivity contribution >= 4 is 57.6 Å². The summed E-state index contributed by atoms with van der Waals surface area (Å²) in [6.07, 6.45) is 4.67. The van der Waals surface area contributed by atoms with E-state index >= 15 is 0 Å². The van der Waals surface area contributed by atoms with Gasteiger partial charge in [0.1, 0.15) is 11.4 Å². The fourth-order valence-electron chi connectivity index (χ4n) is 5.53. The number of fused-ring (bicyclic) bond motifs is 4. The van der Waals surface area contributed by atoms with Gasteiger partial charge in [0.25, 0.3) is 0 Å². The van der Waals surface area contributed by atoms with E-state index in [2.05, 4.69) is 67.8 Å². The van der Waals surface area contributed by atoms with E-state index in [0.29, 0.717) is 10.0 Å². The van der Waals surface area contributed by atoms with Crippen molar-refractivity contribution in [2.24, 2.45) is 4.99 Å². The van der Waals surface area contributed by atoms with Crippen LogP contribution < -0.4 is 9.64 Å². The third-order valence-corrected chi connectivity index (χ3v) is 8.36. The van der Waals surface area contributed by atoms with Gasteiger partial charge in [-0.05, 0) is 60.5 Å². The normalized spacial score (nSPS) is 19.3. The van der Waals surface area contributed by atoms with Gasteiger partial charge in [-0.3, -0.25) is 4.99 Å². The molecular formula is C31H26Cl2N2O. The SMILES string of the molecule is C=Cc1ccc(CCN2c3cc(Cl)c(Cl)cc3C(C)(C)C23C=Nc2c(ccc4ccccc24)O3)cc1. The standard InChI is InChI=1S/C31H26Cl2N2O/c1-4-20-9-11-21(12-10-20)15-16-35-27-18-26(33)25(32)17-24(27)30(2,3)31(35)19-34-29-23-8-6-5-7-22(23)13-14-28(29)36-31/h4-14,17-19H,1,15-16H2,2-3H3. The fraction of sp³-hybridized carbons (Fsp3) is 0.194. The molecule has 2 aliphatic rings. The molecule has 0 aliphatic carbocycles. The first kappa shape index (κ1) is 23.1. The van der Waals surface area contributed by atoms with E-state index in [0.717, 1.165) is 52.0 Å². The van der Waals surface area contributed by atoms with Crippen molar-refractivity contribution in [2.75, 3.05) is 11.4 Å². The van der Waals surface area contributed by atoms with Crippen molar-refractivity contribution in [1.82, 2.24) is 0 Å². The minimum Gasteiger partial charge on any atom is -0.459 e. The van der Waals surface area contributed by atoms with Crippen molar-refractivity contribution in [2.45, 2.75) is 31.4 Å². The Kier molecular flexibility index (Phi) is 5.40. The quantitative estimate of drug-likeness (QED) is 0.273. The average Bonchev–Trinajstić information content (AvgIpc) is 3.05. The van der Waals surface area contributed by atoms with Crippen LogP contribution in [0.3, 0.4) is 0 Å². The molecule has 0 fully saturated rings. The zero-order chi connectivity index (χ0) is 25.1. The zero-order valence-corrected chi connectivity index (χ0v) is 21.8. The van der Waals surface area contributed by atoms with Gasteiger partial charge in [-0.15, -0.1) is 0 Å². The Hall–Kier alpha value is -3.27. The maximum atomic E-state index is 6.98. The Morgan fingerprint density at radius 3 is 2.50 bits per heavy atom. The molecule has 3 nitrogen and oxygen atoms in total. The number of ether oxygens (including phenoxy) is 1. The average molecular weight is 513 g/mol. The molecule has 2 aliphatic heterocycles. The van der Waals surface area contributed by atoms with E-state index in [-0.39, 0.29) is 0 Å². The van der Waals surface area contributed by atoms with Crippen LogP contribution in [0.15, 0.2) is 84.4 Å². The number of nitrogens with zero attached hydrogens (tertiary/aromatic N) is 2. The van der Waals surface area contributed by atoms with Crippen LogP contribution in [0.4, 0.5) is 11.4 Å². The summed E-state index contributed by atoms with van der Waals surface area (Å²) in [7, 11) is 0. The molecule has 6 rings (SSSR count). The first-order valence-electron chi connectivity index (χ1n) is 12.1. The summed E-state index contributed by atoms with van der Waals surface area (Å²) in [5.41, 5.74) is 4.04. The molecule has 4 aromatic carbocycles. The molecule has 180 valence electrons. The Labute approximate surface area is 221 Å². The molecule has 0 radical (unpaired) electrons. The Balaban J connectivity index is 1.47. The monoisotopic (exact) mass is 512 g/mol. The van der Waals surface area contributed by atoms with Crippen LogP contribution in [-0.2, 0) is 11.8 Å². The lowest BCUT2D eigenvalue weighted by atomic mass is 9.77. The van der Waals surface area contributed by atoms with Crippen LogP contribution in [0.5, 0.6) is 5.75 Å². The Morgan fingerprint density at radius 2 is 1.72 bits per heavy atom. The molecule has 1 atom stereocenters. The highest BCUT2D eigenvalue weighted by Gasteiger charge is 2.59. The molecular weight excluding hydrogens is 487 g/mol. The lowest BCUT2D eigenvalue weighted by Gasteiger charge is -2.46. The smallest absolute Gasteiger partial charge is 0.228 e. The molecule has 1 unspecified atom stereocenters. The van der Waals surface area contributed by atoms with Crippen molar-refractivity contribution in [1.29, 1.82) is 0 Å². The predicted octanol–water partition coefficient (Wildman–Crippen LogP) is 8.62. The van der Waals surface area contributed by atoms with Crippen molar-refractivity contribution in [3.05, 3.63) is 106 Å². The van der Waals surface area contributed by atoms with Crippen LogP contribution >= 0.6 is 23.2 Å². The lowest BCUT2D eigenvalue weighted by Crippen LogP contribution is -2.62. The Morgan fingerprint density at radius 1 is 0.972 bits per heavy atom. The maximum Gasteiger partial charge on any atom is 0.228 e. The van der Waals surface area contributed by atoms with Crippen LogP contribution in [0, 0.1) is 0 Å².